The smallest absolute Gasteiger partial charge is 0.322 e. The normalized spacial score (nSPS) is 16.7. The Hall–Kier alpha value is -2.96. The number of likely N-dealkylation sites (tertiary alicyclic amines) is 1. The second kappa shape index (κ2) is 7.73. The quantitative estimate of drug-likeness (QED) is 0.877. The second-order valence-electron chi connectivity index (χ2n) is 7.09. The highest BCUT2D eigenvalue weighted by Gasteiger charge is 2.35. The van der Waals surface area contributed by atoms with Crippen LogP contribution in [0.1, 0.15) is 31.7 Å². The lowest BCUT2D eigenvalue weighted by Crippen LogP contribution is -2.33. The molecule has 1 N–H and O–H groups in total. The van der Waals surface area contributed by atoms with E-state index in [1.807, 2.05) is 33.8 Å². The zero-order valence-electron chi connectivity index (χ0n) is 16.0. The number of nitrogens with zero attached hydrogens (tertiary/aromatic N) is 3. The van der Waals surface area contributed by atoms with Crippen LogP contribution in [0.15, 0.2) is 30.3 Å². The van der Waals surface area contributed by atoms with E-state index < -0.39 is 0 Å². The fourth-order valence-electron chi connectivity index (χ4n) is 3.10. The SMILES string of the molecule is Cc1cc(C)nc(Oc2ccc(NC(=O)C3CC(=O)N(C(C)C)C3)cc2)n1. The Morgan fingerprint density at radius 1 is 1.19 bits per heavy atom. The van der Waals surface area contributed by atoms with Gasteiger partial charge in [-0.3, -0.25) is 9.59 Å². The summed E-state index contributed by atoms with van der Waals surface area (Å²) in [6.07, 6.45) is 0.259. The molecule has 2 amide bonds. The molecule has 27 heavy (non-hydrogen) atoms. The Kier molecular flexibility index (Phi) is 5.39. The molecule has 1 saturated heterocycles. The average molecular weight is 368 g/mol. The van der Waals surface area contributed by atoms with Crippen LogP contribution in [-0.2, 0) is 9.59 Å². The summed E-state index contributed by atoms with van der Waals surface area (Å²) in [5.74, 6) is 0.152. The summed E-state index contributed by atoms with van der Waals surface area (Å²) in [5.41, 5.74) is 2.33. The molecule has 2 heterocycles. The van der Waals surface area contributed by atoms with Crippen molar-refractivity contribution in [1.82, 2.24) is 14.9 Å². The molecule has 0 bridgehead atoms. The number of aryl methyl sites for hydroxylation is 2. The maximum atomic E-state index is 12.4. The molecule has 3 rings (SSSR count). The maximum absolute atomic E-state index is 12.4. The zero-order valence-corrected chi connectivity index (χ0v) is 16.0. The predicted molar refractivity (Wildman–Crippen MR) is 102 cm³/mol. The molecule has 0 aliphatic carbocycles. The van der Waals surface area contributed by atoms with E-state index in [0.29, 0.717) is 24.0 Å². The van der Waals surface area contributed by atoms with Crippen molar-refractivity contribution in [3.05, 3.63) is 41.7 Å². The number of aromatic nitrogens is 2. The number of carbonyl (C=O) groups is 2. The van der Waals surface area contributed by atoms with Gasteiger partial charge in [-0.05, 0) is 58.0 Å². The Balaban J connectivity index is 1.61. The van der Waals surface area contributed by atoms with Crippen molar-refractivity contribution >= 4 is 17.5 Å². The molecule has 1 aliphatic heterocycles. The third-order valence-electron chi connectivity index (χ3n) is 4.45. The molecule has 1 aromatic carbocycles. The Morgan fingerprint density at radius 3 is 2.37 bits per heavy atom. The first-order valence-electron chi connectivity index (χ1n) is 9.02. The summed E-state index contributed by atoms with van der Waals surface area (Å²) in [7, 11) is 0. The van der Waals surface area contributed by atoms with Crippen LogP contribution in [-0.4, -0.2) is 39.3 Å². The van der Waals surface area contributed by atoms with E-state index in [1.165, 1.54) is 0 Å². The van der Waals surface area contributed by atoms with Gasteiger partial charge in [-0.1, -0.05) is 0 Å². The minimum absolute atomic E-state index is 0.0299. The molecule has 7 heteroatoms. The fraction of sp³-hybridized carbons (Fsp3) is 0.400. The van der Waals surface area contributed by atoms with Crippen molar-refractivity contribution in [1.29, 1.82) is 0 Å². The van der Waals surface area contributed by atoms with Gasteiger partial charge in [0.1, 0.15) is 5.75 Å². The third-order valence-corrected chi connectivity index (χ3v) is 4.45. The fourth-order valence-corrected chi connectivity index (χ4v) is 3.10. The van der Waals surface area contributed by atoms with Gasteiger partial charge in [0, 0.05) is 36.1 Å². The molecule has 7 nitrogen and oxygen atoms in total. The summed E-state index contributed by atoms with van der Waals surface area (Å²) < 4.78 is 5.67. The molecule has 1 atom stereocenters. The number of amides is 2. The number of benzene rings is 1. The number of ether oxygens (including phenoxy) is 1. The number of hydrogen-bond donors (Lipinski definition) is 1. The first-order valence-corrected chi connectivity index (χ1v) is 9.02. The highest BCUT2D eigenvalue weighted by molar-refractivity contribution is 5.97. The standard InChI is InChI=1S/C20H24N4O3/c1-12(2)24-11-15(10-18(24)25)19(26)23-16-5-7-17(8-6-16)27-20-21-13(3)9-14(4)22-20/h5-9,12,15H,10-11H2,1-4H3,(H,23,26). The van der Waals surface area contributed by atoms with E-state index in [4.69, 9.17) is 4.74 Å². The van der Waals surface area contributed by atoms with Gasteiger partial charge in [-0.25, -0.2) is 9.97 Å². The average Bonchev–Trinajstić information content (AvgIpc) is 2.98. The first-order chi connectivity index (χ1) is 12.8. The molecule has 1 aliphatic rings. The molecule has 0 radical (unpaired) electrons. The number of carbonyl (C=O) groups excluding carboxylic acids is 2. The van der Waals surface area contributed by atoms with E-state index in [2.05, 4.69) is 15.3 Å². The third kappa shape index (κ3) is 4.61. The second-order valence-corrected chi connectivity index (χ2v) is 7.09. The van der Waals surface area contributed by atoms with E-state index in [1.54, 1.807) is 29.2 Å². The lowest BCUT2D eigenvalue weighted by atomic mass is 10.1. The van der Waals surface area contributed by atoms with Gasteiger partial charge in [0.2, 0.25) is 11.8 Å². The van der Waals surface area contributed by atoms with E-state index >= 15 is 0 Å². The number of anilines is 1. The van der Waals surface area contributed by atoms with Crippen molar-refractivity contribution in [2.45, 2.75) is 40.2 Å². The van der Waals surface area contributed by atoms with Crippen LogP contribution in [0.5, 0.6) is 11.8 Å². The van der Waals surface area contributed by atoms with Gasteiger partial charge >= 0.3 is 6.01 Å². The van der Waals surface area contributed by atoms with Crippen molar-refractivity contribution in [3.8, 4) is 11.8 Å². The van der Waals surface area contributed by atoms with Crippen LogP contribution in [0.4, 0.5) is 5.69 Å². The minimum atomic E-state index is -0.320. The summed E-state index contributed by atoms with van der Waals surface area (Å²) >= 11 is 0. The molecule has 0 saturated carbocycles. The van der Waals surface area contributed by atoms with E-state index in [-0.39, 0.29) is 30.2 Å². The largest absolute Gasteiger partial charge is 0.424 e. The predicted octanol–water partition coefficient (Wildman–Crippen LogP) is 3.08. The van der Waals surface area contributed by atoms with Crippen molar-refractivity contribution < 1.29 is 14.3 Å². The van der Waals surface area contributed by atoms with Gasteiger partial charge in [-0.15, -0.1) is 0 Å². The highest BCUT2D eigenvalue weighted by Crippen LogP contribution is 2.24. The Morgan fingerprint density at radius 2 is 1.81 bits per heavy atom. The van der Waals surface area contributed by atoms with Crippen LogP contribution in [0, 0.1) is 19.8 Å². The van der Waals surface area contributed by atoms with Crippen LogP contribution in [0.3, 0.4) is 0 Å². The highest BCUT2D eigenvalue weighted by atomic mass is 16.5. The molecule has 0 spiro atoms. The van der Waals surface area contributed by atoms with Crippen molar-refractivity contribution in [2.24, 2.45) is 5.92 Å². The van der Waals surface area contributed by atoms with Crippen LogP contribution < -0.4 is 10.1 Å². The van der Waals surface area contributed by atoms with Gasteiger partial charge in [0.15, 0.2) is 0 Å². The van der Waals surface area contributed by atoms with Gasteiger partial charge in [-0.2, -0.15) is 0 Å². The summed E-state index contributed by atoms with van der Waals surface area (Å²) in [4.78, 5) is 34.6. The van der Waals surface area contributed by atoms with Crippen LogP contribution in [0.25, 0.3) is 0 Å². The lowest BCUT2D eigenvalue weighted by Gasteiger charge is -2.20. The van der Waals surface area contributed by atoms with Crippen LogP contribution >= 0.6 is 0 Å². The topological polar surface area (TPSA) is 84.4 Å². The number of rotatable bonds is 5. The van der Waals surface area contributed by atoms with E-state index in [0.717, 1.165) is 11.4 Å². The maximum Gasteiger partial charge on any atom is 0.322 e. The number of nitrogens with one attached hydrogen (secondary N) is 1. The van der Waals surface area contributed by atoms with Gasteiger partial charge in [0.25, 0.3) is 0 Å². The molecule has 142 valence electrons. The molecule has 1 aromatic heterocycles. The molecular weight excluding hydrogens is 344 g/mol. The van der Waals surface area contributed by atoms with Gasteiger partial charge < -0.3 is 15.0 Å². The lowest BCUT2D eigenvalue weighted by molar-refractivity contribution is -0.129. The molecular formula is C20H24N4O3. The van der Waals surface area contributed by atoms with Crippen LogP contribution in [0.2, 0.25) is 0 Å². The number of hydrogen-bond acceptors (Lipinski definition) is 5. The van der Waals surface area contributed by atoms with Crippen molar-refractivity contribution in [3.63, 3.8) is 0 Å². The van der Waals surface area contributed by atoms with E-state index in [9.17, 15) is 9.59 Å². The summed E-state index contributed by atoms with van der Waals surface area (Å²) in [6, 6.07) is 9.29. The minimum Gasteiger partial charge on any atom is -0.424 e. The molecule has 1 fully saturated rings. The Bertz CT molecular complexity index is 829. The monoisotopic (exact) mass is 368 g/mol. The molecule has 1 unspecified atom stereocenters. The Labute approximate surface area is 158 Å². The van der Waals surface area contributed by atoms with Crippen molar-refractivity contribution in [2.75, 3.05) is 11.9 Å². The summed E-state index contributed by atoms with van der Waals surface area (Å²) in [5, 5.41) is 2.87. The first kappa shape index (κ1) is 18.8. The summed E-state index contributed by atoms with van der Waals surface area (Å²) in [6.45, 7) is 8.14. The van der Waals surface area contributed by atoms with Gasteiger partial charge in [0.05, 0.1) is 5.92 Å². The molecule has 2 aromatic rings. The zero-order chi connectivity index (χ0) is 19.6.